The number of aliphatic hydroxyl groups is 1. The van der Waals surface area contributed by atoms with Gasteiger partial charge in [0.1, 0.15) is 0 Å². The van der Waals surface area contributed by atoms with Gasteiger partial charge in [-0.1, -0.05) is 0 Å². The van der Waals surface area contributed by atoms with Crippen LogP contribution in [0.2, 0.25) is 0 Å². The van der Waals surface area contributed by atoms with Crippen LogP contribution in [0, 0.1) is 6.42 Å². The van der Waals surface area contributed by atoms with Crippen LogP contribution in [-0.2, 0) is 9.47 Å². The maximum atomic E-state index is 9.15. The molecule has 0 bridgehead atoms. The lowest BCUT2D eigenvalue weighted by atomic mass is 10.1. The van der Waals surface area contributed by atoms with Crippen molar-refractivity contribution in [3.63, 3.8) is 0 Å². The summed E-state index contributed by atoms with van der Waals surface area (Å²) in [6.07, 6.45) is 1.73. The van der Waals surface area contributed by atoms with Crippen molar-refractivity contribution in [3.05, 3.63) is 6.42 Å². The Morgan fingerprint density at radius 1 is 1.70 bits per heavy atom. The number of rotatable bonds is 1. The molecule has 3 heteroatoms. The second-order valence-corrected chi connectivity index (χ2v) is 2.47. The van der Waals surface area contributed by atoms with Crippen LogP contribution in [0.15, 0.2) is 0 Å². The van der Waals surface area contributed by atoms with Crippen molar-refractivity contribution in [2.75, 3.05) is 7.11 Å². The van der Waals surface area contributed by atoms with Crippen LogP contribution >= 0.6 is 0 Å². The largest absolute Gasteiger partial charge is 0.390 e. The Kier molecular flexibility index (Phi) is 2.65. The molecule has 0 amide bonds. The van der Waals surface area contributed by atoms with Crippen LogP contribution in [-0.4, -0.2) is 30.7 Å². The van der Waals surface area contributed by atoms with E-state index in [2.05, 4.69) is 0 Å². The maximum Gasteiger partial charge on any atom is 0.158 e. The molecule has 0 aromatic rings. The average Bonchev–Trinajstić information content (AvgIpc) is 1.95. The molecule has 3 nitrogen and oxygen atoms in total. The quantitative estimate of drug-likeness (QED) is 0.578. The zero-order chi connectivity index (χ0) is 7.56. The van der Waals surface area contributed by atoms with Crippen molar-refractivity contribution in [1.29, 1.82) is 0 Å². The van der Waals surface area contributed by atoms with Gasteiger partial charge in [0.15, 0.2) is 6.29 Å². The van der Waals surface area contributed by atoms with Gasteiger partial charge in [0.05, 0.1) is 12.2 Å². The SMILES string of the molecule is COC1C[CH]C(O)C(C)O1. The fourth-order valence-electron chi connectivity index (χ4n) is 0.969. The van der Waals surface area contributed by atoms with Gasteiger partial charge in [-0.15, -0.1) is 0 Å². The van der Waals surface area contributed by atoms with Crippen LogP contribution in [0.3, 0.4) is 0 Å². The minimum absolute atomic E-state index is 0.140. The van der Waals surface area contributed by atoms with Crippen LogP contribution < -0.4 is 0 Å². The second-order valence-electron chi connectivity index (χ2n) is 2.47. The van der Waals surface area contributed by atoms with Gasteiger partial charge in [-0.25, -0.2) is 0 Å². The summed E-state index contributed by atoms with van der Waals surface area (Å²) in [6, 6.07) is 0. The van der Waals surface area contributed by atoms with Gasteiger partial charge in [-0.05, 0) is 13.3 Å². The number of hydrogen-bond acceptors (Lipinski definition) is 3. The van der Waals surface area contributed by atoms with Crippen molar-refractivity contribution in [1.82, 2.24) is 0 Å². The van der Waals surface area contributed by atoms with Crippen molar-refractivity contribution in [2.45, 2.75) is 31.8 Å². The highest BCUT2D eigenvalue weighted by Crippen LogP contribution is 2.18. The third-order valence-corrected chi connectivity index (χ3v) is 1.68. The zero-order valence-corrected chi connectivity index (χ0v) is 6.28. The third-order valence-electron chi connectivity index (χ3n) is 1.68. The lowest BCUT2D eigenvalue weighted by Crippen LogP contribution is -2.37. The third kappa shape index (κ3) is 1.68. The maximum absolute atomic E-state index is 9.15. The van der Waals surface area contributed by atoms with Gasteiger partial charge in [-0.2, -0.15) is 0 Å². The normalized spacial score (nSPS) is 41.7. The summed E-state index contributed by atoms with van der Waals surface area (Å²) >= 11 is 0. The molecule has 1 N–H and O–H groups in total. The number of methoxy groups -OCH3 is 1. The van der Waals surface area contributed by atoms with Gasteiger partial charge < -0.3 is 14.6 Å². The average molecular weight is 145 g/mol. The van der Waals surface area contributed by atoms with E-state index in [-0.39, 0.29) is 12.4 Å². The molecule has 1 fully saturated rings. The Bertz CT molecular complexity index is 105. The summed E-state index contributed by atoms with van der Waals surface area (Å²) in [5.74, 6) is 0. The molecular weight excluding hydrogens is 132 g/mol. The molecule has 1 saturated heterocycles. The van der Waals surface area contributed by atoms with E-state index in [1.165, 1.54) is 0 Å². The molecule has 1 rings (SSSR count). The van der Waals surface area contributed by atoms with Gasteiger partial charge >= 0.3 is 0 Å². The van der Waals surface area contributed by atoms with E-state index in [0.29, 0.717) is 6.42 Å². The predicted molar refractivity (Wildman–Crippen MR) is 36.3 cm³/mol. The smallest absolute Gasteiger partial charge is 0.158 e. The van der Waals surface area contributed by atoms with E-state index in [1.807, 2.05) is 13.3 Å². The lowest BCUT2D eigenvalue weighted by molar-refractivity contribution is -0.190. The molecule has 0 aromatic carbocycles. The number of ether oxygens (including phenoxy) is 2. The van der Waals surface area contributed by atoms with E-state index in [1.54, 1.807) is 7.11 Å². The number of hydrogen-bond donors (Lipinski definition) is 1. The van der Waals surface area contributed by atoms with E-state index in [4.69, 9.17) is 14.6 Å². The fraction of sp³-hybridized carbons (Fsp3) is 0.857. The molecule has 0 aromatic heterocycles. The predicted octanol–water partition coefficient (Wildman–Crippen LogP) is 0.333. The molecule has 10 heavy (non-hydrogen) atoms. The monoisotopic (exact) mass is 145 g/mol. The summed E-state index contributed by atoms with van der Waals surface area (Å²) in [5, 5.41) is 9.15. The molecule has 0 spiro atoms. The summed E-state index contributed by atoms with van der Waals surface area (Å²) in [7, 11) is 1.60. The molecule has 1 aliphatic heterocycles. The van der Waals surface area contributed by atoms with E-state index in [0.717, 1.165) is 0 Å². The van der Waals surface area contributed by atoms with E-state index >= 15 is 0 Å². The van der Waals surface area contributed by atoms with Crippen LogP contribution in [0.5, 0.6) is 0 Å². The second kappa shape index (κ2) is 3.32. The van der Waals surface area contributed by atoms with Crippen molar-refractivity contribution in [2.24, 2.45) is 0 Å². The van der Waals surface area contributed by atoms with Crippen molar-refractivity contribution < 1.29 is 14.6 Å². The molecule has 3 unspecified atom stereocenters. The van der Waals surface area contributed by atoms with Gasteiger partial charge in [0.25, 0.3) is 0 Å². The lowest BCUT2D eigenvalue weighted by Gasteiger charge is -2.30. The zero-order valence-electron chi connectivity index (χ0n) is 6.28. The molecule has 0 saturated carbocycles. The van der Waals surface area contributed by atoms with Crippen molar-refractivity contribution >= 4 is 0 Å². The Balaban J connectivity index is 2.33. The first kappa shape index (κ1) is 7.98. The minimum Gasteiger partial charge on any atom is -0.390 e. The fourth-order valence-corrected chi connectivity index (χ4v) is 0.969. The van der Waals surface area contributed by atoms with Crippen LogP contribution in [0.4, 0.5) is 0 Å². The highest BCUT2D eigenvalue weighted by Gasteiger charge is 2.26. The van der Waals surface area contributed by atoms with Gasteiger partial charge in [-0.3, -0.25) is 0 Å². The Morgan fingerprint density at radius 2 is 2.40 bits per heavy atom. The molecule has 1 radical (unpaired) electrons. The first-order valence-electron chi connectivity index (χ1n) is 3.43. The standard InChI is InChI=1S/C7H13O3/c1-5-6(8)3-4-7(9-2)10-5/h3,5-8H,4H2,1-2H3. The summed E-state index contributed by atoms with van der Waals surface area (Å²) < 4.78 is 10.2. The Hall–Kier alpha value is -0.120. The van der Waals surface area contributed by atoms with E-state index in [9.17, 15) is 0 Å². The minimum atomic E-state index is -0.439. The van der Waals surface area contributed by atoms with Crippen LogP contribution in [0.1, 0.15) is 13.3 Å². The molecule has 1 aliphatic rings. The molecule has 0 aliphatic carbocycles. The summed E-state index contributed by atoms with van der Waals surface area (Å²) in [6.45, 7) is 1.83. The molecular formula is C7H13O3. The highest BCUT2D eigenvalue weighted by atomic mass is 16.7. The van der Waals surface area contributed by atoms with Crippen LogP contribution in [0.25, 0.3) is 0 Å². The Labute approximate surface area is 60.9 Å². The summed E-state index contributed by atoms with van der Waals surface area (Å²) in [4.78, 5) is 0. The molecule has 1 heterocycles. The van der Waals surface area contributed by atoms with Gasteiger partial charge in [0.2, 0.25) is 0 Å². The summed E-state index contributed by atoms with van der Waals surface area (Å²) in [5.41, 5.74) is 0. The van der Waals surface area contributed by atoms with E-state index < -0.39 is 6.10 Å². The van der Waals surface area contributed by atoms with Gasteiger partial charge in [0, 0.05) is 13.5 Å². The number of aliphatic hydroxyl groups excluding tert-OH is 1. The first-order valence-corrected chi connectivity index (χ1v) is 3.43. The molecule has 59 valence electrons. The topological polar surface area (TPSA) is 38.7 Å². The highest BCUT2D eigenvalue weighted by molar-refractivity contribution is 4.85. The van der Waals surface area contributed by atoms with Crippen molar-refractivity contribution in [3.8, 4) is 0 Å². The Morgan fingerprint density at radius 3 is 2.90 bits per heavy atom. The molecule has 3 atom stereocenters. The first-order chi connectivity index (χ1) is 4.74.